The zero-order valence-corrected chi connectivity index (χ0v) is 10.9. The van der Waals surface area contributed by atoms with Crippen molar-refractivity contribution in [3.63, 3.8) is 0 Å². The Bertz CT molecular complexity index is 753. The molecule has 19 heavy (non-hydrogen) atoms. The molecule has 3 rings (SSSR count). The van der Waals surface area contributed by atoms with Crippen LogP contribution in [0.2, 0.25) is 5.15 Å². The number of hydrogen-bond donors (Lipinski definition) is 1. The number of ether oxygens (including phenoxy) is 1. The van der Waals surface area contributed by atoms with Gasteiger partial charge in [-0.2, -0.15) is 0 Å². The maximum absolute atomic E-state index is 5.98. The van der Waals surface area contributed by atoms with Crippen LogP contribution in [-0.4, -0.2) is 21.5 Å². The van der Waals surface area contributed by atoms with Crippen molar-refractivity contribution in [2.24, 2.45) is 0 Å². The van der Waals surface area contributed by atoms with Gasteiger partial charge in [-0.3, -0.25) is 4.40 Å². The number of fused-ring (bicyclic) bond motifs is 1. The number of nitrogens with zero attached hydrogens (tertiary/aromatic N) is 3. The topological polar surface area (TPSA) is 65.4 Å². The quantitative estimate of drug-likeness (QED) is 0.730. The highest BCUT2D eigenvalue weighted by molar-refractivity contribution is 6.29. The van der Waals surface area contributed by atoms with Gasteiger partial charge in [0.15, 0.2) is 0 Å². The van der Waals surface area contributed by atoms with Crippen molar-refractivity contribution in [1.29, 1.82) is 0 Å². The number of pyridine rings is 2. The second-order valence-corrected chi connectivity index (χ2v) is 4.44. The third kappa shape index (κ3) is 2.08. The average molecular weight is 275 g/mol. The van der Waals surface area contributed by atoms with E-state index in [0.29, 0.717) is 16.7 Å². The van der Waals surface area contributed by atoms with Gasteiger partial charge in [0.05, 0.1) is 19.0 Å². The van der Waals surface area contributed by atoms with Crippen molar-refractivity contribution in [2.45, 2.75) is 0 Å². The molecule has 3 heterocycles. The van der Waals surface area contributed by atoms with Crippen molar-refractivity contribution in [1.82, 2.24) is 14.4 Å². The molecule has 0 aliphatic carbocycles. The number of methoxy groups -OCH3 is 1. The number of hydrogen-bond acceptors (Lipinski definition) is 4. The minimum Gasteiger partial charge on any atom is -0.481 e. The second-order valence-electron chi connectivity index (χ2n) is 4.05. The van der Waals surface area contributed by atoms with E-state index in [1.807, 2.05) is 22.7 Å². The van der Waals surface area contributed by atoms with Crippen LogP contribution in [0.15, 0.2) is 36.7 Å². The van der Waals surface area contributed by atoms with E-state index in [2.05, 4.69) is 9.97 Å². The van der Waals surface area contributed by atoms with Gasteiger partial charge in [0.2, 0.25) is 5.88 Å². The fourth-order valence-corrected chi connectivity index (χ4v) is 2.14. The number of nitrogens with two attached hydrogens (primary N) is 1. The van der Waals surface area contributed by atoms with E-state index in [1.54, 1.807) is 25.4 Å². The Hall–Kier alpha value is -2.27. The summed E-state index contributed by atoms with van der Waals surface area (Å²) in [5.74, 6) is 0.460. The van der Waals surface area contributed by atoms with Gasteiger partial charge in [0, 0.05) is 23.5 Å². The molecule has 0 spiro atoms. The lowest BCUT2D eigenvalue weighted by atomic mass is 10.2. The van der Waals surface area contributed by atoms with E-state index in [0.717, 1.165) is 16.9 Å². The van der Waals surface area contributed by atoms with E-state index in [4.69, 9.17) is 22.1 Å². The Morgan fingerprint density at radius 1 is 1.32 bits per heavy atom. The minimum absolute atomic E-state index is 0.369. The predicted octanol–water partition coefficient (Wildman–Crippen LogP) is 2.64. The molecule has 6 heteroatoms. The Labute approximate surface area is 114 Å². The molecule has 0 radical (unpaired) electrons. The summed E-state index contributed by atoms with van der Waals surface area (Å²) in [6, 6.07) is 7.24. The molecular weight excluding hydrogens is 264 g/mol. The molecule has 0 fully saturated rings. The Balaban J connectivity index is 2.24. The fraction of sp³-hybridized carbons (Fsp3) is 0.0769. The average Bonchev–Trinajstić information content (AvgIpc) is 2.80. The largest absolute Gasteiger partial charge is 0.481 e. The molecular formula is C13H11ClN4O. The molecule has 0 atom stereocenters. The number of rotatable bonds is 2. The normalized spacial score (nSPS) is 10.8. The van der Waals surface area contributed by atoms with E-state index in [-0.39, 0.29) is 0 Å². The third-order valence-corrected chi connectivity index (χ3v) is 3.00. The van der Waals surface area contributed by atoms with Crippen LogP contribution in [0.4, 0.5) is 5.69 Å². The molecule has 2 N–H and O–H groups in total. The standard InChI is InChI=1S/C13H11ClN4O/c1-19-13-5-8(4-11(14)17-13)10-6-16-12-3-2-9(15)7-18(10)12/h2-7H,15H2,1H3. The van der Waals surface area contributed by atoms with Crippen LogP contribution in [-0.2, 0) is 0 Å². The zero-order valence-electron chi connectivity index (χ0n) is 10.2. The molecule has 0 saturated carbocycles. The minimum atomic E-state index is 0.369. The molecule has 3 aromatic rings. The highest BCUT2D eigenvalue weighted by Gasteiger charge is 2.09. The molecule has 0 amide bonds. The smallest absolute Gasteiger partial charge is 0.215 e. The lowest BCUT2D eigenvalue weighted by molar-refractivity contribution is 0.398. The molecule has 0 aliphatic rings. The second kappa shape index (κ2) is 4.44. The lowest BCUT2D eigenvalue weighted by Gasteiger charge is -2.05. The summed E-state index contributed by atoms with van der Waals surface area (Å²) in [4.78, 5) is 8.37. The molecule has 5 nitrogen and oxygen atoms in total. The van der Waals surface area contributed by atoms with Gasteiger partial charge >= 0.3 is 0 Å². The van der Waals surface area contributed by atoms with Crippen molar-refractivity contribution in [3.8, 4) is 17.1 Å². The van der Waals surface area contributed by atoms with E-state index >= 15 is 0 Å². The van der Waals surface area contributed by atoms with Gasteiger partial charge in [-0.15, -0.1) is 0 Å². The first-order chi connectivity index (χ1) is 9.17. The number of aromatic nitrogens is 3. The number of halogens is 1. The fourth-order valence-electron chi connectivity index (χ4n) is 1.94. The van der Waals surface area contributed by atoms with E-state index < -0.39 is 0 Å². The van der Waals surface area contributed by atoms with Crippen LogP contribution in [0.5, 0.6) is 5.88 Å². The first-order valence-corrected chi connectivity index (χ1v) is 6.00. The summed E-state index contributed by atoms with van der Waals surface area (Å²) in [6.45, 7) is 0. The molecule has 96 valence electrons. The lowest BCUT2D eigenvalue weighted by Crippen LogP contribution is -1.94. The van der Waals surface area contributed by atoms with Crippen molar-refractivity contribution >= 4 is 22.9 Å². The summed E-state index contributed by atoms with van der Waals surface area (Å²) in [5, 5.41) is 0.369. The highest BCUT2D eigenvalue weighted by atomic mass is 35.5. The highest BCUT2D eigenvalue weighted by Crippen LogP contribution is 2.27. The Morgan fingerprint density at radius 3 is 2.95 bits per heavy atom. The van der Waals surface area contributed by atoms with Gasteiger partial charge in [0.1, 0.15) is 10.8 Å². The van der Waals surface area contributed by atoms with Gasteiger partial charge in [0.25, 0.3) is 0 Å². The van der Waals surface area contributed by atoms with Gasteiger partial charge in [-0.25, -0.2) is 9.97 Å². The first kappa shape index (κ1) is 11.8. The van der Waals surface area contributed by atoms with Crippen LogP contribution >= 0.6 is 11.6 Å². The Morgan fingerprint density at radius 2 is 2.16 bits per heavy atom. The molecule has 0 aliphatic heterocycles. The monoisotopic (exact) mass is 274 g/mol. The summed E-state index contributed by atoms with van der Waals surface area (Å²) in [5.41, 5.74) is 9.04. The van der Waals surface area contributed by atoms with Gasteiger partial charge < -0.3 is 10.5 Å². The first-order valence-electron chi connectivity index (χ1n) is 5.62. The van der Waals surface area contributed by atoms with Crippen LogP contribution in [0.3, 0.4) is 0 Å². The molecule has 0 saturated heterocycles. The van der Waals surface area contributed by atoms with Crippen LogP contribution in [0.1, 0.15) is 0 Å². The molecule has 0 bridgehead atoms. The SMILES string of the molecule is COc1cc(-c2cnc3ccc(N)cn23)cc(Cl)n1. The van der Waals surface area contributed by atoms with E-state index in [1.165, 1.54) is 0 Å². The van der Waals surface area contributed by atoms with E-state index in [9.17, 15) is 0 Å². The van der Waals surface area contributed by atoms with Gasteiger partial charge in [-0.05, 0) is 18.2 Å². The predicted molar refractivity (Wildman–Crippen MR) is 74.4 cm³/mol. The zero-order chi connectivity index (χ0) is 13.4. The summed E-state index contributed by atoms with van der Waals surface area (Å²) >= 11 is 5.98. The number of imidazole rings is 1. The maximum Gasteiger partial charge on any atom is 0.215 e. The summed E-state index contributed by atoms with van der Waals surface area (Å²) < 4.78 is 7.02. The van der Waals surface area contributed by atoms with Crippen LogP contribution in [0.25, 0.3) is 16.9 Å². The maximum atomic E-state index is 5.98. The van der Waals surface area contributed by atoms with Crippen molar-refractivity contribution in [2.75, 3.05) is 12.8 Å². The number of anilines is 1. The summed E-state index contributed by atoms with van der Waals surface area (Å²) in [7, 11) is 1.55. The summed E-state index contributed by atoms with van der Waals surface area (Å²) in [6.07, 6.45) is 3.58. The Kier molecular flexibility index (Phi) is 2.76. The number of nitrogen functional groups attached to an aromatic ring is 1. The molecule has 0 aromatic carbocycles. The van der Waals surface area contributed by atoms with Crippen LogP contribution < -0.4 is 10.5 Å². The third-order valence-electron chi connectivity index (χ3n) is 2.80. The molecule has 3 aromatic heterocycles. The van der Waals surface area contributed by atoms with Crippen molar-refractivity contribution < 1.29 is 4.74 Å². The molecule has 0 unspecified atom stereocenters. The van der Waals surface area contributed by atoms with Crippen molar-refractivity contribution in [3.05, 3.63) is 41.8 Å². The van der Waals surface area contributed by atoms with Crippen LogP contribution in [0, 0.1) is 0 Å². The van der Waals surface area contributed by atoms with Gasteiger partial charge in [-0.1, -0.05) is 11.6 Å².